The van der Waals surface area contributed by atoms with Crippen LogP contribution in [0.2, 0.25) is 0 Å². The van der Waals surface area contributed by atoms with Gasteiger partial charge in [-0.15, -0.1) is 5.26 Å². The van der Waals surface area contributed by atoms with E-state index in [-0.39, 0.29) is 5.54 Å². The van der Waals surface area contributed by atoms with Crippen molar-refractivity contribution in [3.8, 4) is 12.0 Å². The summed E-state index contributed by atoms with van der Waals surface area (Å²) in [7, 11) is -2.89. The van der Waals surface area contributed by atoms with Gasteiger partial charge in [-0.1, -0.05) is 25.1 Å². The van der Waals surface area contributed by atoms with Gasteiger partial charge in [0.2, 0.25) is 0 Å². The highest BCUT2D eigenvalue weighted by molar-refractivity contribution is 6.62. The summed E-state index contributed by atoms with van der Waals surface area (Å²) >= 11 is 0. The van der Waals surface area contributed by atoms with Gasteiger partial charge in [0.25, 0.3) is 6.26 Å². The highest BCUT2D eigenvalue weighted by Crippen LogP contribution is 2.35. The van der Waals surface area contributed by atoms with Crippen LogP contribution >= 0.6 is 0 Å². The first-order valence-corrected chi connectivity index (χ1v) is 9.02. The highest BCUT2D eigenvalue weighted by atomic mass is 28.4. The van der Waals surface area contributed by atoms with Crippen molar-refractivity contribution >= 4 is 8.80 Å². The predicted molar refractivity (Wildman–Crippen MR) is 81.7 cm³/mol. The number of nitriles is 1. The number of ether oxygens (including phenoxy) is 1. The van der Waals surface area contributed by atoms with Gasteiger partial charge in [0, 0.05) is 25.4 Å². The second kappa shape index (κ2) is 8.80. The third kappa shape index (κ3) is 4.28. The molecule has 1 aromatic carbocycles. The van der Waals surface area contributed by atoms with E-state index in [2.05, 4.69) is 0 Å². The molecule has 21 heavy (non-hydrogen) atoms. The summed E-state index contributed by atoms with van der Waals surface area (Å²) in [5.74, 6) is 0.517. The van der Waals surface area contributed by atoms with Crippen molar-refractivity contribution < 1.29 is 18.0 Å². The molecular weight excluding hydrogens is 286 g/mol. The standard InChI is InChI=1S/C15H23NO4Si/c1-5-18-21(19-6-2,20-7-3)13(4)14-10-8-9-11-15(14)17-12-16/h8-11,13H,5-7H2,1-4H3. The Kier molecular flexibility index (Phi) is 7.40. The van der Waals surface area contributed by atoms with E-state index in [9.17, 15) is 0 Å². The number of nitrogens with zero attached hydrogens (tertiary/aromatic N) is 1. The van der Waals surface area contributed by atoms with Gasteiger partial charge in [0.05, 0.1) is 5.54 Å². The Balaban J connectivity index is 3.20. The molecule has 0 saturated heterocycles. The fourth-order valence-corrected chi connectivity index (χ4v) is 5.10. The summed E-state index contributed by atoms with van der Waals surface area (Å²) in [6.07, 6.45) is 1.72. The van der Waals surface area contributed by atoms with E-state index in [1.807, 2.05) is 45.9 Å². The first-order valence-electron chi connectivity index (χ1n) is 7.21. The van der Waals surface area contributed by atoms with E-state index in [0.29, 0.717) is 25.6 Å². The Labute approximate surface area is 127 Å². The molecule has 0 spiro atoms. The van der Waals surface area contributed by atoms with Crippen molar-refractivity contribution in [1.29, 1.82) is 5.26 Å². The summed E-state index contributed by atoms with van der Waals surface area (Å²) in [6, 6.07) is 7.40. The molecule has 0 saturated carbocycles. The number of hydrogen-bond donors (Lipinski definition) is 0. The molecule has 0 radical (unpaired) electrons. The SMILES string of the molecule is CCO[Si](OCC)(OCC)C(C)c1ccccc1OC#N. The van der Waals surface area contributed by atoms with Crippen molar-refractivity contribution in [1.82, 2.24) is 0 Å². The molecule has 0 N–H and O–H groups in total. The molecule has 0 bridgehead atoms. The molecule has 116 valence electrons. The summed E-state index contributed by atoms with van der Waals surface area (Å²) < 4.78 is 22.8. The van der Waals surface area contributed by atoms with Crippen molar-refractivity contribution in [3.63, 3.8) is 0 Å². The Morgan fingerprint density at radius 2 is 1.57 bits per heavy atom. The Bertz CT molecular complexity index is 458. The molecule has 0 amide bonds. The van der Waals surface area contributed by atoms with Crippen LogP contribution in [-0.4, -0.2) is 28.6 Å². The summed E-state index contributed by atoms with van der Waals surface area (Å²) in [5.41, 5.74) is 0.739. The number of rotatable bonds is 9. The van der Waals surface area contributed by atoms with Crippen LogP contribution in [0.1, 0.15) is 38.8 Å². The van der Waals surface area contributed by atoms with Crippen LogP contribution in [0.3, 0.4) is 0 Å². The lowest BCUT2D eigenvalue weighted by molar-refractivity contribution is 0.0631. The lowest BCUT2D eigenvalue weighted by Crippen LogP contribution is -2.51. The minimum atomic E-state index is -2.89. The fourth-order valence-electron chi connectivity index (χ4n) is 2.27. The van der Waals surface area contributed by atoms with Crippen LogP contribution in [0, 0.1) is 11.5 Å². The number of hydrogen-bond acceptors (Lipinski definition) is 5. The molecule has 5 nitrogen and oxygen atoms in total. The number of benzene rings is 1. The van der Waals surface area contributed by atoms with Crippen LogP contribution in [-0.2, 0) is 13.3 Å². The maximum Gasteiger partial charge on any atom is 0.508 e. The van der Waals surface area contributed by atoms with E-state index < -0.39 is 8.80 Å². The van der Waals surface area contributed by atoms with Crippen LogP contribution in [0.4, 0.5) is 0 Å². The molecule has 6 heteroatoms. The van der Waals surface area contributed by atoms with Crippen LogP contribution in [0.15, 0.2) is 24.3 Å². The average Bonchev–Trinajstić information content (AvgIpc) is 2.48. The zero-order valence-corrected chi connectivity index (χ0v) is 14.1. The molecule has 0 aliphatic heterocycles. The van der Waals surface area contributed by atoms with Crippen molar-refractivity contribution in [2.75, 3.05) is 19.8 Å². The highest BCUT2D eigenvalue weighted by Gasteiger charge is 2.48. The third-order valence-corrected chi connectivity index (χ3v) is 6.55. The Hall–Kier alpha value is -1.39. The fraction of sp³-hybridized carbons (Fsp3) is 0.533. The molecule has 0 heterocycles. The van der Waals surface area contributed by atoms with Gasteiger partial charge in [-0.05, 0) is 26.8 Å². The second-order valence-corrected chi connectivity index (χ2v) is 7.29. The Morgan fingerprint density at radius 3 is 2.05 bits per heavy atom. The van der Waals surface area contributed by atoms with Gasteiger partial charge in [0.1, 0.15) is 5.75 Å². The molecule has 0 aromatic heterocycles. The maximum absolute atomic E-state index is 8.78. The van der Waals surface area contributed by atoms with Crippen LogP contribution in [0.25, 0.3) is 0 Å². The maximum atomic E-state index is 8.78. The molecular formula is C15H23NO4Si. The van der Waals surface area contributed by atoms with Crippen LogP contribution in [0.5, 0.6) is 5.75 Å². The van der Waals surface area contributed by atoms with E-state index >= 15 is 0 Å². The lowest BCUT2D eigenvalue weighted by atomic mass is 10.1. The first-order chi connectivity index (χ1) is 10.1. The minimum absolute atomic E-state index is 0.123. The number of para-hydroxylation sites is 1. The quantitative estimate of drug-likeness (QED) is 0.517. The molecule has 1 rings (SSSR count). The minimum Gasteiger partial charge on any atom is -0.388 e. The largest absolute Gasteiger partial charge is 0.508 e. The summed E-state index contributed by atoms with van der Waals surface area (Å²) in [4.78, 5) is 0. The zero-order chi connectivity index (χ0) is 15.7. The van der Waals surface area contributed by atoms with Gasteiger partial charge in [-0.25, -0.2) is 0 Å². The molecule has 1 atom stereocenters. The van der Waals surface area contributed by atoms with E-state index in [0.717, 1.165) is 5.56 Å². The smallest absolute Gasteiger partial charge is 0.388 e. The van der Waals surface area contributed by atoms with E-state index in [4.69, 9.17) is 23.3 Å². The summed E-state index contributed by atoms with van der Waals surface area (Å²) in [5, 5.41) is 8.78. The van der Waals surface area contributed by atoms with Gasteiger partial charge in [-0.3, -0.25) is 0 Å². The van der Waals surface area contributed by atoms with Gasteiger partial charge in [0.15, 0.2) is 0 Å². The molecule has 1 unspecified atom stereocenters. The predicted octanol–water partition coefficient (Wildman–Crippen LogP) is 3.24. The Morgan fingerprint density at radius 1 is 1.05 bits per heavy atom. The normalized spacial score (nSPS) is 12.7. The topological polar surface area (TPSA) is 60.7 Å². The van der Waals surface area contributed by atoms with Crippen molar-refractivity contribution in [2.24, 2.45) is 0 Å². The molecule has 1 aromatic rings. The van der Waals surface area contributed by atoms with Crippen molar-refractivity contribution in [2.45, 2.75) is 33.2 Å². The van der Waals surface area contributed by atoms with Crippen LogP contribution < -0.4 is 4.74 Å². The monoisotopic (exact) mass is 309 g/mol. The van der Waals surface area contributed by atoms with E-state index in [1.165, 1.54) is 0 Å². The lowest BCUT2D eigenvalue weighted by Gasteiger charge is -2.33. The van der Waals surface area contributed by atoms with Gasteiger partial charge in [-0.2, -0.15) is 0 Å². The van der Waals surface area contributed by atoms with Gasteiger partial charge < -0.3 is 18.0 Å². The second-order valence-electron chi connectivity index (χ2n) is 4.36. The van der Waals surface area contributed by atoms with Crippen molar-refractivity contribution in [3.05, 3.63) is 29.8 Å². The first kappa shape index (κ1) is 17.7. The molecule has 0 aliphatic rings. The molecule has 0 aliphatic carbocycles. The summed E-state index contributed by atoms with van der Waals surface area (Å²) in [6.45, 7) is 9.29. The van der Waals surface area contributed by atoms with E-state index in [1.54, 1.807) is 12.3 Å². The van der Waals surface area contributed by atoms with Gasteiger partial charge >= 0.3 is 8.80 Å². The molecule has 0 fully saturated rings. The zero-order valence-electron chi connectivity index (χ0n) is 13.1. The third-order valence-electron chi connectivity index (χ3n) is 3.11. The average molecular weight is 309 g/mol.